The van der Waals surface area contributed by atoms with Crippen molar-refractivity contribution in [3.05, 3.63) is 81.9 Å². The van der Waals surface area contributed by atoms with Gasteiger partial charge in [0.05, 0.1) is 0 Å². The molecule has 4 nitrogen and oxygen atoms in total. The SMILES string of the molecule is O=C(CC1(Cl)C(=O)C(Cl)=C(Cl)C(=O)C1(Cl)C(=O)c1ccccc1)c1ccccc1. The first-order valence-electron chi connectivity index (χ1n) is 8.35. The van der Waals surface area contributed by atoms with Crippen molar-refractivity contribution in [2.75, 3.05) is 0 Å². The standard InChI is InChI=1S/C21H12Cl4O4/c22-15-16(23)19(29)21(25,17(27)13-9-5-2-6-10-13)20(24,18(15)28)11-14(26)12-7-3-1-4-8-12/h1-10H,11H2. The molecule has 0 saturated heterocycles. The number of hydrogen-bond donors (Lipinski definition) is 0. The molecule has 0 aromatic heterocycles. The van der Waals surface area contributed by atoms with Gasteiger partial charge in [0.15, 0.2) is 22.2 Å². The largest absolute Gasteiger partial charge is 0.294 e. The van der Waals surface area contributed by atoms with Gasteiger partial charge in [-0.05, 0) is 0 Å². The summed E-state index contributed by atoms with van der Waals surface area (Å²) in [4.78, 5) is 46.9. The summed E-state index contributed by atoms with van der Waals surface area (Å²) < 4.78 is 0. The molecule has 8 heteroatoms. The second-order valence-electron chi connectivity index (χ2n) is 6.41. The lowest BCUT2D eigenvalue weighted by molar-refractivity contribution is -0.125. The van der Waals surface area contributed by atoms with Gasteiger partial charge in [0, 0.05) is 17.5 Å². The van der Waals surface area contributed by atoms with E-state index in [2.05, 4.69) is 0 Å². The summed E-state index contributed by atoms with van der Waals surface area (Å²) in [7, 11) is 0. The van der Waals surface area contributed by atoms with Crippen molar-refractivity contribution in [3.63, 3.8) is 0 Å². The molecular weight excluding hydrogens is 458 g/mol. The molecule has 0 radical (unpaired) electrons. The molecule has 3 rings (SSSR count). The van der Waals surface area contributed by atoms with Gasteiger partial charge in [-0.3, -0.25) is 19.2 Å². The lowest BCUT2D eigenvalue weighted by Gasteiger charge is -2.41. The molecule has 0 amide bonds. The Hall–Kier alpha value is -1.98. The van der Waals surface area contributed by atoms with Crippen molar-refractivity contribution in [2.24, 2.45) is 0 Å². The average Bonchev–Trinajstić information content (AvgIpc) is 2.76. The Labute approximate surface area is 186 Å². The molecule has 0 saturated carbocycles. The van der Waals surface area contributed by atoms with Crippen LogP contribution in [0.3, 0.4) is 0 Å². The molecule has 1 aliphatic carbocycles. The molecule has 2 aromatic rings. The Morgan fingerprint density at radius 2 is 1.17 bits per heavy atom. The van der Waals surface area contributed by atoms with E-state index in [1.165, 1.54) is 24.3 Å². The second-order valence-corrected chi connectivity index (χ2v) is 8.38. The van der Waals surface area contributed by atoms with Gasteiger partial charge in [-0.25, -0.2) is 0 Å². The number of carbonyl (C=O) groups excluding carboxylic acids is 4. The van der Waals surface area contributed by atoms with Gasteiger partial charge < -0.3 is 0 Å². The van der Waals surface area contributed by atoms with Crippen LogP contribution in [0.25, 0.3) is 0 Å². The molecule has 2 aromatic carbocycles. The molecule has 0 bridgehead atoms. The van der Waals surface area contributed by atoms with E-state index in [0.717, 1.165) is 0 Å². The van der Waals surface area contributed by atoms with Crippen molar-refractivity contribution in [1.82, 2.24) is 0 Å². The highest BCUT2D eigenvalue weighted by molar-refractivity contribution is 6.70. The van der Waals surface area contributed by atoms with Crippen LogP contribution >= 0.6 is 46.4 Å². The molecule has 0 N–H and O–H groups in total. The number of ketones is 4. The topological polar surface area (TPSA) is 68.3 Å². The van der Waals surface area contributed by atoms with Crippen LogP contribution < -0.4 is 0 Å². The molecule has 148 valence electrons. The highest BCUT2D eigenvalue weighted by Gasteiger charge is 2.68. The minimum Gasteiger partial charge on any atom is -0.294 e. The molecule has 0 fully saturated rings. The summed E-state index contributed by atoms with van der Waals surface area (Å²) in [6.45, 7) is 0. The van der Waals surface area contributed by atoms with Crippen molar-refractivity contribution < 1.29 is 19.2 Å². The zero-order valence-corrected chi connectivity index (χ0v) is 17.6. The number of hydrogen-bond acceptors (Lipinski definition) is 4. The van der Waals surface area contributed by atoms with Crippen LogP contribution in [0.15, 0.2) is 70.7 Å². The fraction of sp³-hybridized carbons (Fsp3) is 0.143. The lowest BCUT2D eigenvalue weighted by atomic mass is 9.72. The Bertz CT molecular complexity index is 1050. The molecule has 0 aliphatic heterocycles. The van der Waals surface area contributed by atoms with Crippen LogP contribution in [-0.2, 0) is 9.59 Å². The van der Waals surface area contributed by atoms with Crippen LogP contribution in [0.2, 0.25) is 0 Å². The van der Waals surface area contributed by atoms with E-state index in [0.29, 0.717) is 0 Å². The van der Waals surface area contributed by atoms with Gasteiger partial charge in [-0.1, -0.05) is 95.5 Å². The lowest BCUT2D eigenvalue weighted by Crippen LogP contribution is -2.64. The molecule has 0 spiro atoms. The zero-order valence-electron chi connectivity index (χ0n) is 14.6. The first-order chi connectivity index (χ1) is 13.6. The number of alkyl halides is 2. The maximum Gasteiger partial charge on any atom is 0.206 e. The highest BCUT2D eigenvalue weighted by Crippen LogP contribution is 2.50. The van der Waals surface area contributed by atoms with Gasteiger partial charge in [0.25, 0.3) is 0 Å². The molecular formula is C21H12Cl4O4. The predicted octanol–water partition coefficient (Wildman–Crippen LogP) is 4.94. The summed E-state index contributed by atoms with van der Waals surface area (Å²) in [6, 6.07) is 15.5. The highest BCUT2D eigenvalue weighted by atomic mass is 35.5. The van der Waals surface area contributed by atoms with E-state index in [-0.39, 0.29) is 11.1 Å². The first kappa shape index (κ1) is 21.7. The fourth-order valence-electron chi connectivity index (χ4n) is 3.08. The Balaban J connectivity index is 2.17. The average molecular weight is 470 g/mol. The number of allylic oxidation sites excluding steroid dienone is 2. The summed E-state index contributed by atoms with van der Waals surface area (Å²) in [5, 5.41) is -1.36. The van der Waals surface area contributed by atoms with Gasteiger partial charge in [-0.15, -0.1) is 11.6 Å². The summed E-state index contributed by atoms with van der Waals surface area (Å²) in [5.74, 6) is -3.73. The summed E-state index contributed by atoms with van der Waals surface area (Å²) >= 11 is 24.9. The van der Waals surface area contributed by atoms with E-state index in [1.54, 1.807) is 36.4 Å². The Morgan fingerprint density at radius 1 is 0.724 bits per heavy atom. The number of benzene rings is 2. The third-order valence-corrected chi connectivity index (χ3v) is 6.83. The fourth-order valence-corrected chi connectivity index (χ4v) is 4.40. The van der Waals surface area contributed by atoms with E-state index in [9.17, 15) is 19.2 Å². The third kappa shape index (κ3) is 3.44. The van der Waals surface area contributed by atoms with Crippen LogP contribution in [0, 0.1) is 0 Å². The van der Waals surface area contributed by atoms with Gasteiger partial charge in [0.2, 0.25) is 5.78 Å². The van der Waals surface area contributed by atoms with Crippen molar-refractivity contribution in [2.45, 2.75) is 16.2 Å². The van der Waals surface area contributed by atoms with Crippen LogP contribution in [0.1, 0.15) is 27.1 Å². The maximum absolute atomic E-state index is 13.2. The van der Waals surface area contributed by atoms with E-state index in [1.807, 2.05) is 0 Å². The van der Waals surface area contributed by atoms with Crippen molar-refractivity contribution in [3.8, 4) is 0 Å². The van der Waals surface area contributed by atoms with Gasteiger partial charge in [0.1, 0.15) is 14.9 Å². The summed E-state index contributed by atoms with van der Waals surface area (Å²) in [5.41, 5.74) is 0.263. The molecule has 0 heterocycles. The summed E-state index contributed by atoms with van der Waals surface area (Å²) in [6.07, 6.45) is -0.731. The normalized spacial score (nSPS) is 24.6. The quantitative estimate of drug-likeness (QED) is 0.353. The number of halogens is 4. The number of Topliss-reactive ketones (excluding diaryl/α,β-unsaturated/α-hetero) is 4. The van der Waals surface area contributed by atoms with Crippen LogP contribution in [0.5, 0.6) is 0 Å². The Morgan fingerprint density at radius 3 is 1.69 bits per heavy atom. The predicted molar refractivity (Wildman–Crippen MR) is 112 cm³/mol. The third-order valence-electron chi connectivity index (χ3n) is 4.66. The van der Waals surface area contributed by atoms with Crippen LogP contribution in [-0.4, -0.2) is 32.9 Å². The van der Waals surface area contributed by atoms with Crippen LogP contribution in [0.4, 0.5) is 0 Å². The second kappa shape index (κ2) is 8.04. The molecule has 2 unspecified atom stereocenters. The van der Waals surface area contributed by atoms with Gasteiger partial charge >= 0.3 is 0 Å². The van der Waals surface area contributed by atoms with Crippen molar-refractivity contribution >= 4 is 69.5 Å². The van der Waals surface area contributed by atoms with E-state index >= 15 is 0 Å². The van der Waals surface area contributed by atoms with Crippen molar-refractivity contribution in [1.29, 1.82) is 0 Å². The Kier molecular flexibility index (Phi) is 6.02. The molecule has 29 heavy (non-hydrogen) atoms. The molecule has 1 aliphatic rings. The van der Waals surface area contributed by atoms with E-state index in [4.69, 9.17) is 46.4 Å². The molecule has 2 atom stereocenters. The smallest absolute Gasteiger partial charge is 0.206 e. The van der Waals surface area contributed by atoms with Gasteiger partial charge in [-0.2, -0.15) is 0 Å². The monoisotopic (exact) mass is 468 g/mol. The zero-order chi connectivity index (χ0) is 21.4. The number of rotatable bonds is 5. The maximum atomic E-state index is 13.2. The van der Waals surface area contributed by atoms with E-state index < -0.39 is 49.4 Å². The minimum absolute atomic E-state index is 0.0309. The first-order valence-corrected chi connectivity index (χ1v) is 9.86. The number of carbonyl (C=O) groups is 4. The minimum atomic E-state index is -2.65.